The van der Waals surface area contributed by atoms with Crippen LogP contribution in [0.1, 0.15) is 24.5 Å². The molecule has 4 aromatic carbocycles. The number of halogens is 1. The summed E-state index contributed by atoms with van der Waals surface area (Å²) >= 11 is 5.97. The van der Waals surface area contributed by atoms with E-state index in [-0.39, 0.29) is 6.42 Å². The van der Waals surface area contributed by atoms with Gasteiger partial charge in [0.25, 0.3) is 0 Å². The van der Waals surface area contributed by atoms with Crippen LogP contribution in [0.2, 0.25) is 5.02 Å². The summed E-state index contributed by atoms with van der Waals surface area (Å²) in [4.78, 5) is 24.6. The number of fused-ring (bicyclic) bond motifs is 1. The normalized spacial score (nSPS) is 10.9. The molecule has 2 N–H and O–H groups in total. The molecule has 4 rings (SSSR count). The second-order valence-corrected chi connectivity index (χ2v) is 8.53. The highest BCUT2D eigenvalue weighted by atomic mass is 35.5. The van der Waals surface area contributed by atoms with Crippen molar-refractivity contribution in [3.8, 4) is 11.5 Å². The maximum absolute atomic E-state index is 12.3. The fourth-order valence-electron chi connectivity index (χ4n) is 3.64. The number of carbonyl (C=O) groups is 2. The fourth-order valence-corrected chi connectivity index (χ4v) is 3.76. The summed E-state index contributed by atoms with van der Waals surface area (Å²) in [6.07, 6.45) is 1.15. The Balaban J connectivity index is 1.40. The van der Waals surface area contributed by atoms with Crippen LogP contribution in [-0.4, -0.2) is 24.6 Å². The molecule has 0 aliphatic carbocycles. The Labute approximate surface area is 220 Å². The largest absolute Gasteiger partial charge is 0.494 e. The fraction of sp³-hybridized carbons (Fsp3) is 0.138. The van der Waals surface area contributed by atoms with Gasteiger partial charge in [0.05, 0.1) is 12.8 Å². The Hall–Kier alpha value is -4.36. The molecule has 37 heavy (non-hydrogen) atoms. The quantitative estimate of drug-likeness (QED) is 0.155. The Morgan fingerprint density at radius 3 is 2.41 bits per heavy atom. The average molecular weight is 516 g/mol. The molecule has 7 nitrogen and oxygen atoms in total. The van der Waals surface area contributed by atoms with E-state index in [2.05, 4.69) is 15.8 Å². The standard InChI is InChI=1S/C29H26ClN3O4/c1-2-36-24-14-12-23(13-15-24)32-28(34)17-29(35)33-31-18-26-25-6-4-3-5-21(25)9-16-27(26)37-19-20-7-10-22(30)11-8-20/h3-16,18H,2,17,19H2,1H3,(H,32,34)(H,33,35). The molecule has 0 aliphatic heterocycles. The van der Waals surface area contributed by atoms with Crippen molar-refractivity contribution in [1.29, 1.82) is 0 Å². The van der Waals surface area contributed by atoms with E-state index in [1.165, 1.54) is 6.21 Å². The lowest BCUT2D eigenvalue weighted by atomic mass is 10.0. The predicted molar refractivity (Wildman–Crippen MR) is 146 cm³/mol. The Morgan fingerprint density at radius 2 is 1.65 bits per heavy atom. The molecule has 4 aromatic rings. The molecule has 0 bridgehead atoms. The van der Waals surface area contributed by atoms with Crippen molar-refractivity contribution in [2.75, 3.05) is 11.9 Å². The molecule has 8 heteroatoms. The van der Waals surface area contributed by atoms with Gasteiger partial charge in [0.2, 0.25) is 11.8 Å². The van der Waals surface area contributed by atoms with Crippen molar-refractivity contribution in [3.63, 3.8) is 0 Å². The van der Waals surface area contributed by atoms with E-state index in [9.17, 15) is 9.59 Å². The number of hydrogen-bond donors (Lipinski definition) is 2. The first-order chi connectivity index (χ1) is 18.0. The monoisotopic (exact) mass is 515 g/mol. The molecule has 0 unspecified atom stereocenters. The van der Waals surface area contributed by atoms with E-state index in [1.54, 1.807) is 24.3 Å². The molecule has 0 saturated heterocycles. The van der Waals surface area contributed by atoms with Gasteiger partial charge >= 0.3 is 0 Å². The molecule has 0 atom stereocenters. The van der Waals surface area contributed by atoms with Crippen molar-refractivity contribution >= 4 is 46.1 Å². The minimum atomic E-state index is -0.538. The van der Waals surface area contributed by atoms with Crippen molar-refractivity contribution in [2.45, 2.75) is 20.0 Å². The van der Waals surface area contributed by atoms with E-state index in [4.69, 9.17) is 21.1 Å². The molecule has 0 aromatic heterocycles. The number of carbonyl (C=O) groups excluding carboxylic acids is 2. The lowest BCUT2D eigenvalue weighted by molar-refractivity contribution is -0.126. The van der Waals surface area contributed by atoms with E-state index >= 15 is 0 Å². The maximum atomic E-state index is 12.3. The highest BCUT2D eigenvalue weighted by Gasteiger charge is 2.11. The zero-order chi connectivity index (χ0) is 26.0. The SMILES string of the molecule is CCOc1ccc(NC(=O)CC(=O)NN=Cc2c(OCc3ccc(Cl)cc3)ccc3ccccc23)cc1. The Bertz CT molecular complexity index is 1400. The Kier molecular flexibility index (Phi) is 8.73. The van der Waals surface area contributed by atoms with Gasteiger partial charge < -0.3 is 14.8 Å². The van der Waals surface area contributed by atoms with Gasteiger partial charge in [-0.1, -0.05) is 54.1 Å². The van der Waals surface area contributed by atoms with Gasteiger partial charge in [0.15, 0.2) is 0 Å². The summed E-state index contributed by atoms with van der Waals surface area (Å²) in [5, 5.41) is 9.36. The summed E-state index contributed by atoms with van der Waals surface area (Å²) in [6, 6.07) is 26.0. The van der Waals surface area contributed by atoms with Crippen molar-refractivity contribution in [3.05, 3.63) is 101 Å². The molecule has 0 heterocycles. The van der Waals surface area contributed by atoms with Crippen LogP contribution in [0.25, 0.3) is 10.8 Å². The lowest BCUT2D eigenvalue weighted by Gasteiger charge is -2.12. The highest BCUT2D eigenvalue weighted by Crippen LogP contribution is 2.27. The van der Waals surface area contributed by atoms with E-state index in [1.807, 2.05) is 67.6 Å². The van der Waals surface area contributed by atoms with Gasteiger partial charge in [-0.2, -0.15) is 5.10 Å². The van der Waals surface area contributed by atoms with Crippen molar-refractivity contribution < 1.29 is 19.1 Å². The van der Waals surface area contributed by atoms with Crippen LogP contribution in [-0.2, 0) is 16.2 Å². The molecule has 0 aliphatic rings. The summed E-state index contributed by atoms with van der Waals surface area (Å²) in [5.41, 5.74) is 4.68. The first-order valence-electron chi connectivity index (χ1n) is 11.8. The minimum absolute atomic E-state index is 0.342. The van der Waals surface area contributed by atoms with E-state index in [0.29, 0.717) is 41.0 Å². The molecule has 2 amide bonds. The molecule has 188 valence electrons. The third-order valence-electron chi connectivity index (χ3n) is 5.39. The first-order valence-corrected chi connectivity index (χ1v) is 12.1. The third-order valence-corrected chi connectivity index (χ3v) is 5.64. The van der Waals surface area contributed by atoms with Crippen LogP contribution in [0.5, 0.6) is 11.5 Å². The van der Waals surface area contributed by atoms with Crippen LogP contribution >= 0.6 is 11.6 Å². The molecule has 0 radical (unpaired) electrons. The van der Waals surface area contributed by atoms with Gasteiger partial charge in [0, 0.05) is 16.3 Å². The number of anilines is 1. The van der Waals surface area contributed by atoms with Gasteiger partial charge in [-0.15, -0.1) is 0 Å². The Morgan fingerprint density at radius 1 is 0.892 bits per heavy atom. The van der Waals surface area contributed by atoms with Crippen LogP contribution in [0.3, 0.4) is 0 Å². The topological polar surface area (TPSA) is 89.0 Å². The zero-order valence-corrected chi connectivity index (χ0v) is 21.0. The average Bonchev–Trinajstić information content (AvgIpc) is 2.90. The lowest BCUT2D eigenvalue weighted by Crippen LogP contribution is -2.24. The smallest absolute Gasteiger partial charge is 0.249 e. The number of benzene rings is 4. The van der Waals surface area contributed by atoms with Crippen LogP contribution in [0.15, 0.2) is 90.0 Å². The van der Waals surface area contributed by atoms with Gasteiger partial charge in [-0.05, 0) is 65.7 Å². The molecule has 0 saturated carbocycles. The number of nitrogens with zero attached hydrogens (tertiary/aromatic N) is 1. The zero-order valence-electron chi connectivity index (χ0n) is 20.2. The van der Waals surface area contributed by atoms with E-state index < -0.39 is 11.8 Å². The molecule has 0 fully saturated rings. The van der Waals surface area contributed by atoms with Crippen LogP contribution in [0, 0.1) is 0 Å². The third kappa shape index (κ3) is 7.32. The van der Waals surface area contributed by atoms with Crippen LogP contribution in [0.4, 0.5) is 5.69 Å². The molecular formula is C29H26ClN3O4. The number of rotatable bonds is 10. The van der Waals surface area contributed by atoms with Crippen molar-refractivity contribution in [2.24, 2.45) is 5.10 Å². The second-order valence-electron chi connectivity index (χ2n) is 8.09. The summed E-state index contributed by atoms with van der Waals surface area (Å²) in [6.45, 7) is 2.79. The van der Waals surface area contributed by atoms with Gasteiger partial charge in [-0.3, -0.25) is 9.59 Å². The number of hydrogen-bond acceptors (Lipinski definition) is 5. The number of hydrazone groups is 1. The summed E-state index contributed by atoms with van der Waals surface area (Å²) < 4.78 is 11.4. The predicted octanol–water partition coefficient (Wildman–Crippen LogP) is 5.95. The number of amides is 2. The molecule has 0 spiro atoms. The number of nitrogens with one attached hydrogen (secondary N) is 2. The van der Waals surface area contributed by atoms with E-state index in [0.717, 1.165) is 16.3 Å². The first kappa shape index (κ1) is 25.7. The molecular weight excluding hydrogens is 490 g/mol. The highest BCUT2D eigenvalue weighted by molar-refractivity contribution is 6.30. The maximum Gasteiger partial charge on any atom is 0.249 e. The van der Waals surface area contributed by atoms with Crippen molar-refractivity contribution in [1.82, 2.24) is 5.43 Å². The summed E-state index contributed by atoms with van der Waals surface area (Å²) in [7, 11) is 0. The minimum Gasteiger partial charge on any atom is -0.494 e. The summed E-state index contributed by atoms with van der Waals surface area (Å²) in [5.74, 6) is 0.329. The number of ether oxygens (including phenoxy) is 2. The van der Waals surface area contributed by atoms with Crippen LogP contribution < -0.4 is 20.2 Å². The second kappa shape index (κ2) is 12.6. The van der Waals surface area contributed by atoms with Gasteiger partial charge in [-0.25, -0.2) is 5.43 Å². The van der Waals surface area contributed by atoms with Gasteiger partial charge in [0.1, 0.15) is 24.5 Å².